The maximum Gasteiger partial charge on any atom is 0.122 e. The molecule has 0 saturated heterocycles. The molecule has 1 heterocycles. The summed E-state index contributed by atoms with van der Waals surface area (Å²) in [6.07, 6.45) is 5.73. The highest BCUT2D eigenvalue weighted by Gasteiger charge is 2.24. The minimum Gasteiger partial charge on any atom is -0.493 e. The molecule has 3 nitrogen and oxygen atoms in total. The van der Waals surface area contributed by atoms with Gasteiger partial charge in [-0.3, -0.25) is 0 Å². The molecule has 0 aromatic heterocycles. The van der Waals surface area contributed by atoms with Crippen molar-refractivity contribution in [3.8, 4) is 5.75 Å². The lowest BCUT2D eigenvalue weighted by molar-refractivity contribution is 0.0502. The van der Waals surface area contributed by atoms with E-state index in [-0.39, 0.29) is 12.1 Å². The second kappa shape index (κ2) is 5.29. The first-order chi connectivity index (χ1) is 8.83. The minimum absolute atomic E-state index is 0.249. The van der Waals surface area contributed by atoms with Crippen LogP contribution in [0.25, 0.3) is 0 Å². The third-order valence-corrected chi connectivity index (χ3v) is 3.98. The van der Waals surface area contributed by atoms with E-state index in [1.165, 1.54) is 17.5 Å². The van der Waals surface area contributed by atoms with Crippen LogP contribution < -0.4 is 10.5 Å². The van der Waals surface area contributed by atoms with Gasteiger partial charge in [-0.1, -0.05) is 12.1 Å². The van der Waals surface area contributed by atoms with Crippen molar-refractivity contribution < 1.29 is 9.47 Å². The van der Waals surface area contributed by atoms with Gasteiger partial charge in [0.2, 0.25) is 0 Å². The zero-order valence-electron chi connectivity index (χ0n) is 10.7. The van der Waals surface area contributed by atoms with Gasteiger partial charge >= 0.3 is 0 Å². The van der Waals surface area contributed by atoms with E-state index in [1.54, 1.807) is 0 Å². The van der Waals surface area contributed by atoms with E-state index in [9.17, 15) is 0 Å². The topological polar surface area (TPSA) is 44.5 Å². The van der Waals surface area contributed by atoms with Crippen LogP contribution in [0.1, 0.15) is 30.4 Å². The van der Waals surface area contributed by atoms with Crippen molar-refractivity contribution in [1.29, 1.82) is 0 Å². The second-order valence-corrected chi connectivity index (χ2v) is 5.29. The molecule has 0 radical (unpaired) electrons. The Bertz CT molecular complexity index is 419. The maximum absolute atomic E-state index is 5.99. The van der Waals surface area contributed by atoms with E-state index in [2.05, 4.69) is 18.2 Å². The molecular formula is C15H21NO2. The summed E-state index contributed by atoms with van der Waals surface area (Å²) in [5.74, 6) is 1.05. The quantitative estimate of drug-likeness (QED) is 0.885. The molecule has 0 amide bonds. The van der Waals surface area contributed by atoms with Crippen LogP contribution in [0.15, 0.2) is 18.2 Å². The van der Waals surface area contributed by atoms with Crippen molar-refractivity contribution in [2.45, 2.75) is 44.2 Å². The Hall–Kier alpha value is -1.06. The van der Waals surface area contributed by atoms with Crippen molar-refractivity contribution in [1.82, 2.24) is 0 Å². The average molecular weight is 247 g/mol. The molecule has 1 aromatic rings. The molecule has 1 aromatic carbocycles. The van der Waals surface area contributed by atoms with Gasteiger partial charge in [-0.15, -0.1) is 0 Å². The maximum atomic E-state index is 5.99. The first kappa shape index (κ1) is 12.0. The Labute approximate surface area is 108 Å². The summed E-state index contributed by atoms with van der Waals surface area (Å²) in [5, 5.41) is 0. The summed E-state index contributed by atoms with van der Waals surface area (Å²) < 4.78 is 11.4. The van der Waals surface area contributed by atoms with Crippen LogP contribution in [0.5, 0.6) is 5.75 Å². The van der Waals surface area contributed by atoms with Crippen molar-refractivity contribution >= 4 is 0 Å². The van der Waals surface area contributed by atoms with Gasteiger partial charge in [0.15, 0.2) is 0 Å². The van der Waals surface area contributed by atoms with Crippen LogP contribution in [0, 0.1) is 0 Å². The summed E-state index contributed by atoms with van der Waals surface area (Å²) in [4.78, 5) is 0. The molecule has 1 aliphatic heterocycles. The van der Waals surface area contributed by atoms with Crippen molar-refractivity contribution in [3.05, 3.63) is 29.3 Å². The van der Waals surface area contributed by atoms with Gasteiger partial charge in [0.1, 0.15) is 5.75 Å². The molecule has 1 saturated carbocycles. The third-order valence-electron chi connectivity index (χ3n) is 3.98. The Kier molecular flexibility index (Phi) is 3.52. The lowest BCUT2D eigenvalue weighted by Crippen LogP contribution is -2.31. The monoisotopic (exact) mass is 247 g/mol. The van der Waals surface area contributed by atoms with Crippen LogP contribution in [0.3, 0.4) is 0 Å². The van der Waals surface area contributed by atoms with Crippen LogP contribution in [0.2, 0.25) is 0 Å². The molecule has 2 atom stereocenters. The molecule has 3 heteroatoms. The van der Waals surface area contributed by atoms with E-state index in [1.807, 2.05) is 0 Å². The molecule has 2 aliphatic rings. The predicted molar refractivity (Wildman–Crippen MR) is 70.9 cm³/mol. The van der Waals surface area contributed by atoms with Gasteiger partial charge in [0.05, 0.1) is 19.3 Å². The van der Waals surface area contributed by atoms with E-state index in [0.29, 0.717) is 0 Å². The summed E-state index contributed by atoms with van der Waals surface area (Å²) >= 11 is 0. The Balaban J connectivity index is 1.51. The highest BCUT2D eigenvalue weighted by molar-refractivity contribution is 5.39. The number of nitrogens with two attached hydrogens (primary N) is 1. The van der Waals surface area contributed by atoms with Crippen LogP contribution in [-0.2, 0) is 17.6 Å². The van der Waals surface area contributed by atoms with E-state index in [4.69, 9.17) is 15.2 Å². The molecule has 18 heavy (non-hydrogen) atoms. The molecular weight excluding hydrogens is 226 g/mol. The smallest absolute Gasteiger partial charge is 0.122 e. The SMILES string of the molecule is NC1CCCC1OCCc1ccc2c(c1)CCO2. The number of benzene rings is 1. The summed E-state index contributed by atoms with van der Waals surface area (Å²) in [6, 6.07) is 6.72. The average Bonchev–Trinajstić information content (AvgIpc) is 2.98. The second-order valence-electron chi connectivity index (χ2n) is 5.29. The van der Waals surface area contributed by atoms with E-state index in [0.717, 1.165) is 44.6 Å². The molecule has 0 bridgehead atoms. The van der Waals surface area contributed by atoms with Gasteiger partial charge in [-0.2, -0.15) is 0 Å². The van der Waals surface area contributed by atoms with Gasteiger partial charge in [0, 0.05) is 12.5 Å². The number of hydrogen-bond acceptors (Lipinski definition) is 3. The predicted octanol–water partition coefficient (Wildman–Crippen LogP) is 2.06. The van der Waals surface area contributed by atoms with Gasteiger partial charge in [-0.25, -0.2) is 0 Å². The third kappa shape index (κ3) is 2.52. The Morgan fingerprint density at radius 2 is 2.28 bits per heavy atom. The zero-order chi connectivity index (χ0) is 12.4. The molecule has 2 N–H and O–H groups in total. The minimum atomic E-state index is 0.249. The molecule has 1 aliphatic carbocycles. The largest absolute Gasteiger partial charge is 0.493 e. The highest BCUT2D eigenvalue weighted by Crippen LogP contribution is 2.26. The van der Waals surface area contributed by atoms with E-state index < -0.39 is 0 Å². The molecule has 1 fully saturated rings. The summed E-state index contributed by atoms with van der Waals surface area (Å²) in [7, 11) is 0. The van der Waals surface area contributed by atoms with Crippen molar-refractivity contribution in [2.24, 2.45) is 5.73 Å². The van der Waals surface area contributed by atoms with Crippen molar-refractivity contribution in [2.75, 3.05) is 13.2 Å². The lowest BCUT2D eigenvalue weighted by atomic mass is 10.1. The number of fused-ring (bicyclic) bond motifs is 1. The van der Waals surface area contributed by atoms with E-state index >= 15 is 0 Å². The zero-order valence-corrected chi connectivity index (χ0v) is 10.7. The number of ether oxygens (including phenoxy) is 2. The fraction of sp³-hybridized carbons (Fsp3) is 0.600. The number of rotatable bonds is 4. The van der Waals surface area contributed by atoms with Crippen molar-refractivity contribution in [3.63, 3.8) is 0 Å². The molecule has 2 unspecified atom stereocenters. The number of hydrogen-bond donors (Lipinski definition) is 1. The summed E-state index contributed by atoms with van der Waals surface area (Å²) in [5.41, 5.74) is 8.67. The fourth-order valence-electron chi connectivity index (χ4n) is 2.89. The van der Waals surface area contributed by atoms with Crippen LogP contribution >= 0.6 is 0 Å². The van der Waals surface area contributed by atoms with Gasteiger partial charge < -0.3 is 15.2 Å². The molecule has 0 spiro atoms. The Morgan fingerprint density at radius 1 is 1.33 bits per heavy atom. The van der Waals surface area contributed by atoms with Gasteiger partial charge in [-0.05, 0) is 42.9 Å². The molecule has 3 rings (SSSR count). The highest BCUT2D eigenvalue weighted by atomic mass is 16.5. The van der Waals surface area contributed by atoms with Crippen LogP contribution in [-0.4, -0.2) is 25.4 Å². The first-order valence-electron chi connectivity index (χ1n) is 6.95. The first-order valence-corrected chi connectivity index (χ1v) is 6.95. The van der Waals surface area contributed by atoms with Gasteiger partial charge in [0.25, 0.3) is 0 Å². The summed E-state index contributed by atoms with van der Waals surface area (Å²) in [6.45, 7) is 1.60. The molecule has 98 valence electrons. The lowest BCUT2D eigenvalue weighted by Gasteiger charge is -2.16. The Morgan fingerprint density at radius 3 is 3.11 bits per heavy atom. The van der Waals surface area contributed by atoms with Crippen LogP contribution in [0.4, 0.5) is 0 Å². The normalized spacial score (nSPS) is 26.1. The standard InChI is InChI=1S/C15H21NO2/c16-13-2-1-3-15(13)18-8-6-11-4-5-14-12(10-11)7-9-17-14/h4-5,10,13,15H,1-3,6-9,16H2. The fourth-order valence-corrected chi connectivity index (χ4v) is 2.89.